The number of nitrogens with two attached hydrogens (primary N) is 1. The van der Waals surface area contributed by atoms with E-state index in [-0.39, 0.29) is 12.2 Å². The number of amides is 2. The van der Waals surface area contributed by atoms with Crippen LogP contribution in [0.1, 0.15) is 16.1 Å². The van der Waals surface area contributed by atoms with Crippen molar-refractivity contribution in [1.82, 2.24) is 14.7 Å². The van der Waals surface area contributed by atoms with Crippen molar-refractivity contribution >= 4 is 22.7 Å². The van der Waals surface area contributed by atoms with Gasteiger partial charge in [0.05, 0.1) is 11.2 Å². The van der Waals surface area contributed by atoms with Gasteiger partial charge in [0.25, 0.3) is 11.8 Å². The lowest BCUT2D eigenvalue weighted by molar-refractivity contribution is -0.134. The third-order valence-corrected chi connectivity index (χ3v) is 4.53. The van der Waals surface area contributed by atoms with Crippen LogP contribution in [0.2, 0.25) is 0 Å². The smallest absolute Gasteiger partial charge is 0.269 e. The number of nitrogens with zero attached hydrogens (tertiary/aromatic N) is 3. The zero-order valence-electron chi connectivity index (χ0n) is 15.7. The van der Waals surface area contributed by atoms with Crippen molar-refractivity contribution in [3.05, 3.63) is 59.8 Å². The van der Waals surface area contributed by atoms with Gasteiger partial charge < -0.3 is 20.8 Å². The lowest BCUT2D eigenvalue weighted by Gasteiger charge is -2.04. The van der Waals surface area contributed by atoms with Crippen molar-refractivity contribution in [3.8, 4) is 18.0 Å². The summed E-state index contributed by atoms with van der Waals surface area (Å²) in [5.74, 6) is 1.63. The first-order chi connectivity index (χ1) is 13.8. The van der Waals surface area contributed by atoms with Crippen LogP contribution in [0.5, 0.6) is 0 Å². The predicted octanol–water partition coefficient (Wildman–Crippen LogP) is 0.286. The van der Waals surface area contributed by atoms with Crippen LogP contribution in [0, 0.1) is 12.3 Å². The molecule has 8 heteroatoms. The SMILES string of the molecule is C#Cc1cccc(-n2nc(C(N)=O)c3ccccc32)c1.CN1CC(O)C(O)C1=O. The van der Waals surface area contributed by atoms with E-state index in [1.807, 2.05) is 48.5 Å². The zero-order chi connectivity index (χ0) is 21.1. The first kappa shape index (κ1) is 20.1. The highest BCUT2D eigenvalue weighted by Gasteiger charge is 2.35. The summed E-state index contributed by atoms with van der Waals surface area (Å²) >= 11 is 0. The van der Waals surface area contributed by atoms with Crippen molar-refractivity contribution in [2.24, 2.45) is 5.73 Å². The van der Waals surface area contributed by atoms with Gasteiger partial charge in [-0.1, -0.05) is 30.2 Å². The average molecular weight is 392 g/mol. The second-order valence-electron chi connectivity index (χ2n) is 6.57. The van der Waals surface area contributed by atoms with Crippen LogP contribution in [0.4, 0.5) is 0 Å². The fourth-order valence-electron chi connectivity index (χ4n) is 3.03. The number of hydrogen-bond donors (Lipinski definition) is 3. The van der Waals surface area contributed by atoms with Crippen molar-refractivity contribution in [2.75, 3.05) is 13.6 Å². The second kappa shape index (κ2) is 8.14. The molecule has 29 heavy (non-hydrogen) atoms. The number of likely N-dealkylation sites (N-methyl/N-ethyl adjacent to an activating group) is 1. The molecule has 0 spiro atoms. The van der Waals surface area contributed by atoms with Crippen LogP contribution in [-0.4, -0.2) is 62.5 Å². The molecule has 2 unspecified atom stereocenters. The molecule has 4 rings (SSSR count). The molecule has 1 aromatic heterocycles. The zero-order valence-corrected chi connectivity index (χ0v) is 15.7. The molecular formula is C21H20N4O4. The summed E-state index contributed by atoms with van der Waals surface area (Å²) in [4.78, 5) is 23.4. The number of carbonyl (C=O) groups is 2. The highest BCUT2D eigenvalue weighted by molar-refractivity contribution is 6.04. The maximum Gasteiger partial charge on any atom is 0.269 e. The van der Waals surface area contributed by atoms with E-state index in [2.05, 4.69) is 11.0 Å². The van der Waals surface area contributed by atoms with Crippen LogP contribution in [-0.2, 0) is 4.79 Å². The van der Waals surface area contributed by atoms with Crippen molar-refractivity contribution in [2.45, 2.75) is 12.2 Å². The fourth-order valence-corrected chi connectivity index (χ4v) is 3.03. The number of aliphatic hydroxyl groups is 2. The predicted molar refractivity (Wildman–Crippen MR) is 107 cm³/mol. The molecule has 1 aliphatic rings. The highest BCUT2D eigenvalue weighted by atomic mass is 16.3. The third kappa shape index (κ3) is 3.96. The van der Waals surface area contributed by atoms with Gasteiger partial charge in [0.1, 0.15) is 6.10 Å². The summed E-state index contributed by atoms with van der Waals surface area (Å²) in [6.45, 7) is 0.236. The second-order valence-corrected chi connectivity index (χ2v) is 6.57. The molecule has 0 radical (unpaired) electrons. The van der Waals surface area contributed by atoms with Crippen molar-refractivity contribution < 1.29 is 19.8 Å². The number of primary amides is 1. The molecular weight excluding hydrogens is 372 g/mol. The number of rotatable bonds is 2. The Hall–Kier alpha value is -3.67. The molecule has 1 aliphatic heterocycles. The largest absolute Gasteiger partial charge is 0.388 e. The number of aliphatic hydroxyl groups excluding tert-OH is 2. The van der Waals surface area contributed by atoms with Gasteiger partial charge in [-0.25, -0.2) is 4.68 Å². The first-order valence-electron chi connectivity index (χ1n) is 8.79. The fraction of sp³-hybridized carbons (Fsp3) is 0.190. The number of hydrogen-bond acceptors (Lipinski definition) is 5. The van der Waals surface area contributed by atoms with Crippen LogP contribution >= 0.6 is 0 Å². The standard InChI is InChI=1S/C16H11N3O.C5H9NO3/c1-2-11-6-5-7-12(10-11)19-14-9-4-3-8-13(14)15(18-19)16(17)20;1-6-2-3(7)4(8)5(6)9/h1,3-10H,(H2,17,20);3-4,7-8H,2H2,1H3. The topological polar surface area (TPSA) is 122 Å². The number of fused-ring (bicyclic) bond motifs is 1. The summed E-state index contributed by atoms with van der Waals surface area (Å²) in [6, 6.07) is 14.8. The minimum Gasteiger partial charge on any atom is -0.388 e. The Morgan fingerprint density at radius 2 is 1.97 bits per heavy atom. The lowest BCUT2D eigenvalue weighted by Crippen LogP contribution is -2.27. The summed E-state index contributed by atoms with van der Waals surface area (Å²) in [6.07, 6.45) is 3.31. The molecule has 148 valence electrons. The molecule has 3 aromatic rings. The summed E-state index contributed by atoms with van der Waals surface area (Å²) in [5, 5.41) is 22.7. The van der Waals surface area contributed by atoms with E-state index in [1.54, 1.807) is 11.7 Å². The van der Waals surface area contributed by atoms with Crippen molar-refractivity contribution in [3.63, 3.8) is 0 Å². The van der Waals surface area contributed by atoms with E-state index in [1.165, 1.54) is 4.90 Å². The van der Waals surface area contributed by atoms with Gasteiger partial charge in [0, 0.05) is 24.5 Å². The number of para-hydroxylation sites is 1. The van der Waals surface area contributed by atoms with Gasteiger partial charge in [0.2, 0.25) is 0 Å². The van der Waals surface area contributed by atoms with E-state index < -0.39 is 24.0 Å². The molecule has 8 nitrogen and oxygen atoms in total. The highest BCUT2D eigenvalue weighted by Crippen LogP contribution is 2.22. The van der Waals surface area contributed by atoms with E-state index in [9.17, 15) is 9.59 Å². The van der Waals surface area contributed by atoms with Gasteiger partial charge >= 0.3 is 0 Å². The van der Waals surface area contributed by atoms with Gasteiger partial charge in [-0.05, 0) is 24.3 Å². The molecule has 4 N–H and O–H groups in total. The van der Waals surface area contributed by atoms with Gasteiger partial charge in [0.15, 0.2) is 11.8 Å². The van der Waals surface area contributed by atoms with E-state index >= 15 is 0 Å². The Morgan fingerprint density at radius 1 is 1.24 bits per heavy atom. The number of β-amino-alcohol motifs (C(OH)–C–C–N with tert-alkyl or cyclic N) is 1. The van der Waals surface area contributed by atoms with Crippen LogP contribution in [0.3, 0.4) is 0 Å². The molecule has 2 aromatic carbocycles. The maximum atomic E-state index is 11.5. The molecule has 1 saturated heterocycles. The number of likely N-dealkylation sites (tertiary alicyclic amines) is 1. The Balaban J connectivity index is 0.000000224. The normalized spacial score (nSPS) is 18.3. The van der Waals surface area contributed by atoms with Crippen LogP contribution in [0.15, 0.2) is 48.5 Å². The first-order valence-corrected chi connectivity index (χ1v) is 8.79. The third-order valence-electron chi connectivity index (χ3n) is 4.53. The van der Waals surface area contributed by atoms with E-state index in [4.69, 9.17) is 22.4 Å². The maximum absolute atomic E-state index is 11.5. The quantitative estimate of drug-likeness (QED) is 0.541. The summed E-state index contributed by atoms with van der Waals surface area (Å²) in [7, 11) is 1.54. The number of benzene rings is 2. The average Bonchev–Trinajstić information content (AvgIpc) is 3.22. The molecule has 1 fully saturated rings. The monoisotopic (exact) mass is 392 g/mol. The van der Waals surface area contributed by atoms with Gasteiger partial charge in [-0.15, -0.1) is 6.42 Å². The number of terminal acetylenes is 1. The molecule has 2 atom stereocenters. The molecule has 0 bridgehead atoms. The molecule has 0 saturated carbocycles. The minimum atomic E-state index is -1.20. The Kier molecular flexibility index (Phi) is 5.64. The Labute approximate surface area is 167 Å². The van der Waals surface area contributed by atoms with E-state index in [0.717, 1.165) is 22.2 Å². The molecule has 2 heterocycles. The molecule has 2 amide bonds. The minimum absolute atomic E-state index is 0.236. The summed E-state index contributed by atoms with van der Waals surface area (Å²) < 4.78 is 1.68. The number of aromatic nitrogens is 2. The van der Waals surface area contributed by atoms with E-state index in [0.29, 0.717) is 0 Å². The summed E-state index contributed by atoms with van der Waals surface area (Å²) in [5.41, 5.74) is 8.00. The van der Waals surface area contributed by atoms with Crippen molar-refractivity contribution in [1.29, 1.82) is 0 Å². The Morgan fingerprint density at radius 3 is 2.52 bits per heavy atom. The lowest BCUT2D eigenvalue weighted by atomic mass is 10.2. The van der Waals surface area contributed by atoms with Gasteiger partial charge in [-0.2, -0.15) is 5.10 Å². The molecule has 0 aliphatic carbocycles. The van der Waals surface area contributed by atoms with Crippen LogP contribution in [0.25, 0.3) is 16.6 Å². The van der Waals surface area contributed by atoms with Gasteiger partial charge in [-0.3, -0.25) is 9.59 Å². The Bertz CT molecular complexity index is 1120. The number of carbonyl (C=O) groups excluding carboxylic acids is 2. The van der Waals surface area contributed by atoms with Crippen LogP contribution < -0.4 is 5.73 Å².